The molecule has 6 nitrogen and oxygen atoms in total. The monoisotopic (exact) mass is 317 g/mol. The maximum absolute atomic E-state index is 12.1. The maximum atomic E-state index is 12.1. The zero-order valence-electron chi connectivity index (χ0n) is 13.8. The number of carbonyl (C=O) groups is 1. The molecule has 23 heavy (non-hydrogen) atoms. The minimum Gasteiger partial charge on any atom is -0.338 e. The fraction of sp³-hybridized carbons (Fsp3) is 0.824. The van der Waals surface area contributed by atoms with Crippen molar-refractivity contribution >= 4 is 6.03 Å². The topological polar surface area (TPSA) is 71.8 Å². The molecule has 2 atom stereocenters. The van der Waals surface area contributed by atoms with Gasteiger partial charge in [0.1, 0.15) is 11.6 Å². The van der Waals surface area contributed by atoms with E-state index in [4.69, 9.17) is 0 Å². The molecule has 2 fully saturated rings. The summed E-state index contributed by atoms with van der Waals surface area (Å²) in [5.41, 5.74) is 0. The quantitative estimate of drug-likeness (QED) is 0.873. The van der Waals surface area contributed by atoms with Crippen molar-refractivity contribution in [2.75, 3.05) is 6.54 Å². The highest BCUT2D eigenvalue weighted by Crippen LogP contribution is 2.43. The van der Waals surface area contributed by atoms with Crippen LogP contribution >= 0.6 is 0 Å². The van der Waals surface area contributed by atoms with Crippen molar-refractivity contribution in [1.29, 1.82) is 0 Å². The van der Waals surface area contributed by atoms with Gasteiger partial charge in [0, 0.05) is 32.0 Å². The van der Waals surface area contributed by atoms with Crippen LogP contribution in [0.3, 0.4) is 0 Å². The lowest BCUT2D eigenvalue weighted by Gasteiger charge is -2.29. The lowest BCUT2D eigenvalue weighted by molar-refractivity contribution is 0.221. The smallest absolute Gasteiger partial charge is 0.315 e. The van der Waals surface area contributed by atoms with E-state index in [0.29, 0.717) is 12.6 Å². The maximum Gasteiger partial charge on any atom is 0.315 e. The molecule has 2 N–H and O–H groups in total. The number of fused-ring (bicyclic) bond motifs is 1. The van der Waals surface area contributed by atoms with Crippen molar-refractivity contribution in [2.24, 2.45) is 11.8 Å². The summed E-state index contributed by atoms with van der Waals surface area (Å²) in [5, 5.41) is 14.6. The van der Waals surface area contributed by atoms with Crippen LogP contribution in [0.4, 0.5) is 4.79 Å². The Morgan fingerprint density at radius 2 is 2.04 bits per heavy atom. The van der Waals surface area contributed by atoms with Crippen LogP contribution in [0.25, 0.3) is 0 Å². The molecule has 0 radical (unpaired) electrons. The van der Waals surface area contributed by atoms with Gasteiger partial charge in [0.25, 0.3) is 0 Å². The lowest BCUT2D eigenvalue weighted by atomic mass is 9.83. The van der Waals surface area contributed by atoms with E-state index >= 15 is 0 Å². The van der Waals surface area contributed by atoms with E-state index in [1.165, 1.54) is 32.1 Å². The highest BCUT2D eigenvalue weighted by Gasteiger charge is 2.35. The normalized spacial score (nSPS) is 26.8. The van der Waals surface area contributed by atoms with Gasteiger partial charge in [-0.15, -0.1) is 10.2 Å². The van der Waals surface area contributed by atoms with E-state index in [1.54, 1.807) is 0 Å². The third-order valence-corrected chi connectivity index (χ3v) is 5.66. The van der Waals surface area contributed by atoms with Crippen LogP contribution in [0.15, 0.2) is 0 Å². The van der Waals surface area contributed by atoms with Crippen LogP contribution in [0.1, 0.15) is 56.6 Å². The molecule has 0 spiro atoms. The van der Waals surface area contributed by atoms with E-state index in [9.17, 15) is 4.79 Å². The number of amides is 2. The Hall–Kier alpha value is -1.59. The number of nitrogens with one attached hydrogen (secondary N) is 2. The standard InChI is InChI=1S/C17H27N5O/c23-17(19-14-4-1-3-13(11-14)12-6-7-12)18-9-8-16-21-20-15-5-2-10-22(15)16/h12-14H,1-11H2,(H2,18,19,23)/t13-,14+/m0/s1. The number of hydrogen-bond acceptors (Lipinski definition) is 3. The summed E-state index contributed by atoms with van der Waals surface area (Å²) in [6, 6.07) is 0.347. The second-order valence-corrected chi connectivity index (χ2v) is 7.40. The number of aryl methyl sites for hydroxylation is 1. The van der Waals surface area contributed by atoms with Gasteiger partial charge in [-0.25, -0.2) is 4.79 Å². The second-order valence-electron chi connectivity index (χ2n) is 7.40. The van der Waals surface area contributed by atoms with Gasteiger partial charge in [0.15, 0.2) is 0 Å². The summed E-state index contributed by atoms with van der Waals surface area (Å²) in [4.78, 5) is 12.1. The summed E-state index contributed by atoms with van der Waals surface area (Å²) >= 11 is 0. The highest BCUT2D eigenvalue weighted by atomic mass is 16.2. The Labute approximate surface area is 137 Å². The van der Waals surface area contributed by atoms with Crippen molar-refractivity contribution in [3.05, 3.63) is 11.6 Å². The number of hydrogen-bond donors (Lipinski definition) is 2. The van der Waals surface area contributed by atoms with Crippen molar-refractivity contribution < 1.29 is 4.79 Å². The van der Waals surface area contributed by atoms with Crippen LogP contribution < -0.4 is 10.6 Å². The molecule has 4 rings (SSSR count). The molecule has 126 valence electrons. The molecule has 0 saturated heterocycles. The minimum atomic E-state index is -0.0207. The number of urea groups is 1. The van der Waals surface area contributed by atoms with Gasteiger partial charge in [0.05, 0.1) is 0 Å². The predicted molar refractivity (Wildman–Crippen MR) is 87.1 cm³/mol. The van der Waals surface area contributed by atoms with Crippen molar-refractivity contribution in [3.8, 4) is 0 Å². The molecule has 6 heteroatoms. The summed E-state index contributed by atoms with van der Waals surface area (Å²) in [5.74, 6) is 3.91. The molecule has 3 aliphatic rings. The number of carbonyl (C=O) groups excluding carboxylic acids is 1. The molecule has 1 aromatic rings. The molecule has 0 bridgehead atoms. The van der Waals surface area contributed by atoms with Crippen LogP contribution in [-0.4, -0.2) is 33.4 Å². The van der Waals surface area contributed by atoms with Gasteiger partial charge in [-0.05, 0) is 43.9 Å². The first-order valence-electron chi connectivity index (χ1n) is 9.25. The predicted octanol–water partition coefficient (Wildman–Crippen LogP) is 2.03. The zero-order valence-corrected chi connectivity index (χ0v) is 13.8. The summed E-state index contributed by atoms with van der Waals surface area (Å²) in [6.45, 7) is 1.65. The van der Waals surface area contributed by atoms with Gasteiger partial charge in [-0.1, -0.05) is 12.8 Å². The Bertz CT molecular complexity index is 565. The molecule has 0 unspecified atom stereocenters. The fourth-order valence-electron chi connectivity index (χ4n) is 4.27. The highest BCUT2D eigenvalue weighted by molar-refractivity contribution is 5.74. The first-order chi connectivity index (χ1) is 11.3. The van der Waals surface area contributed by atoms with Crippen molar-refractivity contribution in [1.82, 2.24) is 25.4 Å². The van der Waals surface area contributed by atoms with E-state index in [-0.39, 0.29) is 6.03 Å². The lowest BCUT2D eigenvalue weighted by Crippen LogP contribution is -2.44. The summed E-state index contributed by atoms with van der Waals surface area (Å²) in [7, 11) is 0. The molecule has 0 aromatic carbocycles. The van der Waals surface area contributed by atoms with E-state index < -0.39 is 0 Å². The summed E-state index contributed by atoms with van der Waals surface area (Å²) < 4.78 is 2.20. The first kappa shape index (κ1) is 15.0. The largest absolute Gasteiger partial charge is 0.338 e. The van der Waals surface area contributed by atoms with Crippen LogP contribution in [-0.2, 0) is 19.4 Å². The Balaban J connectivity index is 1.19. The Morgan fingerprint density at radius 1 is 1.13 bits per heavy atom. The SMILES string of the molecule is O=C(NCCc1nnc2n1CCC2)N[C@@H]1CCC[C@H](C2CC2)C1. The van der Waals surface area contributed by atoms with Crippen LogP contribution in [0.5, 0.6) is 0 Å². The molecule has 1 aromatic heterocycles. The van der Waals surface area contributed by atoms with Gasteiger partial charge in [-0.3, -0.25) is 0 Å². The van der Waals surface area contributed by atoms with E-state index in [1.807, 2.05) is 0 Å². The third kappa shape index (κ3) is 3.51. The zero-order chi connectivity index (χ0) is 15.6. The molecule has 2 heterocycles. The molecular formula is C17H27N5O. The second kappa shape index (κ2) is 6.49. The van der Waals surface area contributed by atoms with Crippen molar-refractivity contribution in [3.63, 3.8) is 0 Å². The minimum absolute atomic E-state index is 0.0207. The number of nitrogens with zero attached hydrogens (tertiary/aromatic N) is 3. The molecule has 2 amide bonds. The molecular weight excluding hydrogens is 290 g/mol. The molecule has 1 aliphatic heterocycles. The Kier molecular flexibility index (Phi) is 4.23. The molecule has 2 saturated carbocycles. The number of aromatic nitrogens is 3. The average Bonchev–Trinajstić information content (AvgIpc) is 3.18. The Morgan fingerprint density at radius 3 is 2.91 bits per heavy atom. The van der Waals surface area contributed by atoms with E-state index in [0.717, 1.165) is 55.7 Å². The van der Waals surface area contributed by atoms with Gasteiger partial charge < -0.3 is 15.2 Å². The average molecular weight is 317 g/mol. The van der Waals surface area contributed by atoms with Crippen LogP contribution in [0, 0.1) is 11.8 Å². The fourth-order valence-corrected chi connectivity index (χ4v) is 4.27. The van der Waals surface area contributed by atoms with Gasteiger partial charge in [0.2, 0.25) is 0 Å². The number of rotatable bonds is 5. The van der Waals surface area contributed by atoms with Crippen molar-refractivity contribution in [2.45, 2.75) is 70.4 Å². The van der Waals surface area contributed by atoms with Gasteiger partial charge in [-0.2, -0.15) is 0 Å². The first-order valence-corrected chi connectivity index (χ1v) is 9.25. The summed E-state index contributed by atoms with van der Waals surface area (Å²) in [6.07, 6.45) is 10.7. The van der Waals surface area contributed by atoms with Crippen LogP contribution in [0.2, 0.25) is 0 Å². The molecule has 2 aliphatic carbocycles. The third-order valence-electron chi connectivity index (χ3n) is 5.66. The van der Waals surface area contributed by atoms with E-state index in [2.05, 4.69) is 25.4 Å². The van der Waals surface area contributed by atoms with Gasteiger partial charge >= 0.3 is 6.03 Å².